The van der Waals surface area contributed by atoms with Crippen LogP contribution in [0.25, 0.3) is 5.78 Å². The highest BCUT2D eigenvalue weighted by molar-refractivity contribution is 5.58. The summed E-state index contributed by atoms with van der Waals surface area (Å²) in [5, 5.41) is 4.94. The van der Waals surface area contributed by atoms with Crippen molar-refractivity contribution in [3.8, 4) is 0 Å². The average Bonchev–Trinajstić information content (AvgIpc) is 3.46. The van der Waals surface area contributed by atoms with E-state index in [1.807, 2.05) is 16.8 Å². The van der Waals surface area contributed by atoms with E-state index in [-0.39, 0.29) is 0 Å². The molecule has 0 N–H and O–H groups in total. The second kappa shape index (κ2) is 7.89. The standard InChI is InChI=1S/C25H27N7/c1-18-8-10-19(11-9-18)17-22-28-25-27-21-6-4-5-20(21)24(32(25)29-22)31-15-13-30(14-16-31)23-7-2-3-12-26-23/h2-3,7-12H,4-6,13-17H2,1H3. The SMILES string of the molecule is Cc1ccc(Cc2nc3nc4c(c(N5CCN(c6ccccn6)CC5)n3n2)CCC4)cc1. The summed E-state index contributed by atoms with van der Waals surface area (Å²) in [4.78, 5) is 19.1. The maximum Gasteiger partial charge on any atom is 0.254 e. The van der Waals surface area contributed by atoms with Crippen LogP contribution in [-0.4, -0.2) is 50.7 Å². The first kappa shape index (κ1) is 19.2. The zero-order valence-electron chi connectivity index (χ0n) is 18.4. The molecule has 162 valence electrons. The summed E-state index contributed by atoms with van der Waals surface area (Å²) in [6, 6.07) is 14.7. The minimum atomic E-state index is 0.723. The smallest absolute Gasteiger partial charge is 0.254 e. The van der Waals surface area contributed by atoms with E-state index < -0.39 is 0 Å². The van der Waals surface area contributed by atoms with Gasteiger partial charge in [-0.1, -0.05) is 35.9 Å². The molecule has 0 amide bonds. The second-order valence-corrected chi connectivity index (χ2v) is 8.78. The van der Waals surface area contributed by atoms with Gasteiger partial charge in [0.25, 0.3) is 5.78 Å². The average molecular weight is 426 g/mol. The van der Waals surface area contributed by atoms with Crippen LogP contribution in [0.1, 0.15) is 34.6 Å². The number of aryl methyl sites for hydroxylation is 2. The van der Waals surface area contributed by atoms with Gasteiger partial charge < -0.3 is 9.80 Å². The van der Waals surface area contributed by atoms with Crippen molar-refractivity contribution in [2.45, 2.75) is 32.6 Å². The van der Waals surface area contributed by atoms with Crippen molar-refractivity contribution in [2.24, 2.45) is 0 Å². The lowest BCUT2D eigenvalue weighted by Gasteiger charge is -2.37. The first-order chi connectivity index (χ1) is 15.7. The van der Waals surface area contributed by atoms with Crippen molar-refractivity contribution >= 4 is 17.4 Å². The van der Waals surface area contributed by atoms with E-state index >= 15 is 0 Å². The van der Waals surface area contributed by atoms with Crippen LogP contribution < -0.4 is 9.80 Å². The molecular formula is C25H27N7. The van der Waals surface area contributed by atoms with Gasteiger partial charge in [-0.3, -0.25) is 0 Å². The highest BCUT2D eigenvalue weighted by Crippen LogP contribution is 2.32. The number of benzene rings is 1. The van der Waals surface area contributed by atoms with Gasteiger partial charge in [0.1, 0.15) is 11.6 Å². The van der Waals surface area contributed by atoms with Crippen molar-refractivity contribution < 1.29 is 0 Å². The Morgan fingerprint density at radius 2 is 1.69 bits per heavy atom. The summed E-state index contributed by atoms with van der Waals surface area (Å²) < 4.78 is 2.00. The summed E-state index contributed by atoms with van der Waals surface area (Å²) in [6.07, 6.45) is 5.86. The first-order valence-corrected chi connectivity index (χ1v) is 11.5. The van der Waals surface area contributed by atoms with Crippen LogP contribution in [0.4, 0.5) is 11.6 Å². The number of hydrogen-bond donors (Lipinski definition) is 0. The Balaban J connectivity index is 1.32. The maximum absolute atomic E-state index is 4.94. The van der Waals surface area contributed by atoms with Crippen molar-refractivity contribution in [1.29, 1.82) is 0 Å². The molecule has 0 radical (unpaired) electrons. The van der Waals surface area contributed by atoms with E-state index in [1.165, 1.54) is 28.2 Å². The topological polar surface area (TPSA) is 62.5 Å². The highest BCUT2D eigenvalue weighted by Gasteiger charge is 2.28. The van der Waals surface area contributed by atoms with E-state index in [1.54, 1.807) is 0 Å². The van der Waals surface area contributed by atoms with Crippen LogP contribution in [0.15, 0.2) is 48.7 Å². The van der Waals surface area contributed by atoms with Crippen molar-refractivity contribution in [3.63, 3.8) is 0 Å². The molecule has 6 rings (SSSR count). The van der Waals surface area contributed by atoms with Crippen LogP contribution >= 0.6 is 0 Å². The fraction of sp³-hybridized carbons (Fsp3) is 0.360. The number of piperazine rings is 1. The Bertz CT molecular complexity index is 1240. The van der Waals surface area contributed by atoms with Gasteiger partial charge in [0.05, 0.1) is 5.69 Å². The molecule has 7 heteroatoms. The Hall–Kier alpha value is -3.48. The van der Waals surface area contributed by atoms with Gasteiger partial charge in [0.2, 0.25) is 0 Å². The normalized spacial score (nSPS) is 16.0. The third-order valence-corrected chi connectivity index (χ3v) is 6.56. The molecule has 4 aromatic rings. The Morgan fingerprint density at radius 3 is 2.47 bits per heavy atom. The number of anilines is 2. The minimum absolute atomic E-state index is 0.723. The predicted octanol–water partition coefficient (Wildman–Crippen LogP) is 3.23. The molecule has 1 saturated heterocycles. The molecule has 0 unspecified atom stereocenters. The van der Waals surface area contributed by atoms with Gasteiger partial charge >= 0.3 is 0 Å². The van der Waals surface area contributed by atoms with Gasteiger partial charge in [-0.05, 0) is 43.9 Å². The van der Waals surface area contributed by atoms with Gasteiger partial charge in [-0.15, -0.1) is 5.10 Å². The lowest BCUT2D eigenvalue weighted by molar-refractivity contribution is 0.630. The lowest BCUT2D eigenvalue weighted by atomic mass is 10.1. The number of nitrogens with zero attached hydrogens (tertiary/aromatic N) is 7. The fourth-order valence-electron chi connectivity index (χ4n) is 4.88. The number of hydrogen-bond acceptors (Lipinski definition) is 6. The van der Waals surface area contributed by atoms with Gasteiger partial charge in [-0.2, -0.15) is 9.50 Å². The Kier molecular flexibility index (Phi) is 4.74. The number of rotatable bonds is 4. The molecule has 0 bridgehead atoms. The van der Waals surface area contributed by atoms with Crippen LogP contribution in [0.2, 0.25) is 0 Å². The van der Waals surface area contributed by atoms with E-state index in [0.717, 1.165) is 69.3 Å². The highest BCUT2D eigenvalue weighted by atomic mass is 15.4. The van der Waals surface area contributed by atoms with E-state index in [0.29, 0.717) is 0 Å². The summed E-state index contributed by atoms with van der Waals surface area (Å²) in [6.45, 7) is 5.88. The van der Waals surface area contributed by atoms with Crippen LogP contribution in [-0.2, 0) is 19.3 Å². The molecule has 1 fully saturated rings. The van der Waals surface area contributed by atoms with Crippen molar-refractivity contribution in [1.82, 2.24) is 24.6 Å². The zero-order valence-corrected chi connectivity index (χ0v) is 18.4. The van der Waals surface area contributed by atoms with Crippen LogP contribution in [0, 0.1) is 6.92 Å². The molecule has 1 aliphatic heterocycles. The van der Waals surface area contributed by atoms with Crippen LogP contribution in [0.5, 0.6) is 0 Å². The molecule has 1 aromatic carbocycles. The predicted molar refractivity (Wildman–Crippen MR) is 125 cm³/mol. The maximum atomic E-state index is 4.94. The van der Waals surface area contributed by atoms with Crippen LogP contribution in [0.3, 0.4) is 0 Å². The number of pyridine rings is 1. The minimum Gasteiger partial charge on any atom is -0.353 e. The summed E-state index contributed by atoms with van der Waals surface area (Å²) in [5.74, 6) is 3.82. The number of aromatic nitrogens is 5. The fourth-order valence-corrected chi connectivity index (χ4v) is 4.88. The molecule has 4 heterocycles. The Labute approximate surface area is 187 Å². The lowest BCUT2D eigenvalue weighted by Crippen LogP contribution is -2.47. The van der Waals surface area contributed by atoms with Crippen molar-refractivity contribution in [2.75, 3.05) is 36.0 Å². The molecule has 32 heavy (non-hydrogen) atoms. The molecule has 0 atom stereocenters. The van der Waals surface area contributed by atoms with Crippen molar-refractivity contribution in [3.05, 3.63) is 76.9 Å². The molecule has 1 aliphatic carbocycles. The van der Waals surface area contributed by atoms with Gasteiger partial charge in [0.15, 0.2) is 5.82 Å². The zero-order chi connectivity index (χ0) is 21.5. The third kappa shape index (κ3) is 3.47. The molecule has 0 spiro atoms. The largest absolute Gasteiger partial charge is 0.353 e. The first-order valence-electron chi connectivity index (χ1n) is 11.5. The monoisotopic (exact) mass is 425 g/mol. The van der Waals surface area contributed by atoms with E-state index in [4.69, 9.17) is 15.1 Å². The summed E-state index contributed by atoms with van der Waals surface area (Å²) >= 11 is 0. The van der Waals surface area contributed by atoms with E-state index in [9.17, 15) is 0 Å². The van der Waals surface area contributed by atoms with E-state index in [2.05, 4.69) is 58.1 Å². The van der Waals surface area contributed by atoms with Gasteiger partial charge in [-0.25, -0.2) is 9.97 Å². The molecule has 0 saturated carbocycles. The Morgan fingerprint density at radius 1 is 0.875 bits per heavy atom. The van der Waals surface area contributed by atoms with Gasteiger partial charge in [0, 0.05) is 44.4 Å². The summed E-state index contributed by atoms with van der Waals surface area (Å²) in [5.41, 5.74) is 5.05. The molecular weight excluding hydrogens is 398 g/mol. The molecule has 2 aliphatic rings. The number of fused-ring (bicyclic) bond motifs is 2. The quantitative estimate of drug-likeness (QED) is 0.500. The third-order valence-electron chi connectivity index (χ3n) is 6.56. The second-order valence-electron chi connectivity index (χ2n) is 8.78. The molecule has 3 aromatic heterocycles. The molecule has 7 nitrogen and oxygen atoms in total. The summed E-state index contributed by atoms with van der Waals surface area (Å²) in [7, 11) is 0.